The third-order valence-electron chi connectivity index (χ3n) is 5.94. The highest BCUT2D eigenvalue weighted by Crippen LogP contribution is 2.32. The standard InChI is InChI=1S/C24H25F4N5O/c1-33(2)21-17-5-3-4-6-20(17)31-23(32-21)30-16-10-8-15(9-11-16)29-22(34)14-7-12-19(25)18(13-14)24(26,27)28/h3-7,12-13,15-16H,8-11H2,1-2H3,(H,29,34)(H,30,31,32)/t15-,16+. The van der Waals surface area contributed by atoms with Crippen molar-refractivity contribution < 1.29 is 22.4 Å². The normalized spacial score (nSPS) is 18.5. The number of halogens is 4. The van der Waals surface area contributed by atoms with Gasteiger partial charge in [0.25, 0.3) is 5.91 Å². The molecule has 0 aliphatic heterocycles. The second-order valence-electron chi connectivity index (χ2n) is 8.64. The third-order valence-corrected chi connectivity index (χ3v) is 5.94. The molecule has 0 atom stereocenters. The molecule has 34 heavy (non-hydrogen) atoms. The summed E-state index contributed by atoms with van der Waals surface area (Å²) in [7, 11) is 3.84. The summed E-state index contributed by atoms with van der Waals surface area (Å²) in [5.74, 6) is -0.702. The number of nitrogens with zero attached hydrogens (tertiary/aromatic N) is 3. The summed E-state index contributed by atoms with van der Waals surface area (Å²) >= 11 is 0. The number of amides is 1. The summed E-state index contributed by atoms with van der Waals surface area (Å²) < 4.78 is 52.3. The quantitative estimate of drug-likeness (QED) is 0.508. The van der Waals surface area contributed by atoms with Crippen LogP contribution in [0.15, 0.2) is 42.5 Å². The summed E-state index contributed by atoms with van der Waals surface area (Å²) in [4.78, 5) is 23.7. The van der Waals surface area contributed by atoms with E-state index in [0.29, 0.717) is 30.9 Å². The molecule has 4 rings (SSSR count). The number of hydrogen-bond acceptors (Lipinski definition) is 5. The Bertz CT molecular complexity index is 1190. The lowest BCUT2D eigenvalue weighted by Crippen LogP contribution is -2.40. The number of alkyl halides is 3. The monoisotopic (exact) mass is 475 g/mol. The summed E-state index contributed by atoms with van der Waals surface area (Å²) in [5.41, 5.74) is -0.822. The predicted molar refractivity (Wildman–Crippen MR) is 122 cm³/mol. The van der Waals surface area contributed by atoms with Crippen molar-refractivity contribution in [3.05, 3.63) is 59.4 Å². The van der Waals surface area contributed by atoms with E-state index in [1.807, 2.05) is 43.3 Å². The Balaban J connectivity index is 1.37. The maximum Gasteiger partial charge on any atom is 0.419 e. The number of nitrogens with one attached hydrogen (secondary N) is 2. The number of anilines is 2. The van der Waals surface area contributed by atoms with Gasteiger partial charge in [-0.1, -0.05) is 12.1 Å². The van der Waals surface area contributed by atoms with Gasteiger partial charge in [0.05, 0.1) is 11.1 Å². The van der Waals surface area contributed by atoms with Gasteiger partial charge in [0, 0.05) is 37.1 Å². The van der Waals surface area contributed by atoms with E-state index < -0.39 is 23.5 Å². The first-order valence-electron chi connectivity index (χ1n) is 11.0. The zero-order valence-corrected chi connectivity index (χ0v) is 18.8. The Morgan fingerprint density at radius 2 is 1.68 bits per heavy atom. The van der Waals surface area contributed by atoms with E-state index in [1.54, 1.807) is 0 Å². The number of para-hydroxylation sites is 1. The third kappa shape index (κ3) is 5.21. The average molecular weight is 475 g/mol. The molecule has 0 bridgehead atoms. The van der Waals surface area contributed by atoms with Crippen LogP contribution in [0.1, 0.15) is 41.6 Å². The van der Waals surface area contributed by atoms with Crippen LogP contribution in [0.2, 0.25) is 0 Å². The highest BCUT2D eigenvalue weighted by Gasteiger charge is 2.35. The summed E-state index contributed by atoms with van der Waals surface area (Å²) in [6.45, 7) is 0. The lowest BCUT2D eigenvalue weighted by Gasteiger charge is -2.30. The van der Waals surface area contributed by atoms with Crippen molar-refractivity contribution in [2.45, 2.75) is 43.9 Å². The molecule has 6 nitrogen and oxygen atoms in total. The Labute approximate surface area is 194 Å². The number of rotatable bonds is 5. The molecule has 1 aromatic heterocycles. The smallest absolute Gasteiger partial charge is 0.362 e. The van der Waals surface area contributed by atoms with Crippen molar-refractivity contribution in [2.24, 2.45) is 0 Å². The van der Waals surface area contributed by atoms with Crippen molar-refractivity contribution in [1.29, 1.82) is 0 Å². The van der Waals surface area contributed by atoms with Gasteiger partial charge < -0.3 is 15.5 Å². The minimum absolute atomic E-state index is 0.104. The minimum Gasteiger partial charge on any atom is -0.362 e. The molecule has 1 aliphatic carbocycles. The van der Waals surface area contributed by atoms with Crippen LogP contribution >= 0.6 is 0 Å². The van der Waals surface area contributed by atoms with E-state index in [-0.39, 0.29) is 17.6 Å². The first-order chi connectivity index (χ1) is 16.1. The zero-order chi connectivity index (χ0) is 24.5. The van der Waals surface area contributed by atoms with Crippen LogP contribution in [0.4, 0.5) is 29.3 Å². The van der Waals surface area contributed by atoms with Gasteiger partial charge in [-0.2, -0.15) is 18.2 Å². The van der Waals surface area contributed by atoms with Crippen LogP contribution in [0, 0.1) is 5.82 Å². The van der Waals surface area contributed by atoms with Crippen molar-refractivity contribution in [3.8, 4) is 0 Å². The molecule has 0 spiro atoms. The molecule has 180 valence electrons. The van der Waals surface area contributed by atoms with Crippen molar-refractivity contribution in [1.82, 2.24) is 15.3 Å². The topological polar surface area (TPSA) is 70.2 Å². The first-order valence-corrected chi connectivity index (χ1v) is 11.0. The molecule has 0 unspecified atom stereocenters. The Kier molecular flexibility index (Phi) is 6.58. The van der Waals surface area contributed by atoms with E-state index in [9.17, 15) is 22.4 Å². The number of hydrogen-bond donors (Lipinski definition) is 2. The fraction of sp³-hybridized carbons (Fsp3) is 0.375. The molecule has 2 aromatic carbocycles. The summed E-state index contributed by atoms with van der Waals surface area (Å²) in [5, 5.41) is 7.10. The second kappa shape index (κ2) is 9.44. The van der Waals surface area contributed by atoms with Crippen LogP contribution in [0.25, 0.3) is 10.9 Å². The molecule has 2 N–H and O–H groups in total. The van der Waals surface area contributed by atoms with Gasteiger partial charge in [-0.05, 0) is 56.0 Å². The van der Waals surface area contributed by atoms with Crippen LogP contribution in [-0.2, 0) is 6.18 Å². The van der Waals surface area contributed by atoms with Crippen molar-refractivity contribution in [2.75, 3.05) is 24.3 Å². The zero-order valence-electron chi connectivity index (χ0n) is 18.8. The average Bonchev–Trinajstić information content (AvgIpc) is 2.79. The van der Waals surface area contributed by atoms with E-state index >= 15 is 0 Å². The van der Waals surface area contributed by atoms with Crippen LogP contribution in [0.3, 0.4) is 0 Å². The fourth-order valence-electron chi connectivity index (χ4n) is 4.18. The van der Waals surface area contributed by atoms with Gasteiger partial charge in [-0.25, -0.2) is 9.37 Å². The molecular formula is C24H25F4N5O. The summed E-state index contributed by atoms with van der Waals surface area (Å²) in [6, 6.07) is 9.98. The SMILES string of the molecule is CN(C)c1nc(N[C@H]2CC[C@@H](NC(=O)c3ccc(F)c(C(F)(F)F)c3)CC2)nc2ccccc12. The lowest BCUT2D eigenvalue weighted by molar-refractivity contribution is -0.140. The van der Waals surface area contributed by atoms with Crippen molar-refractivity contribution >= 4 is 28.6 Å². The number of carbonyl (C=O) groups excluding carboxylic acids is 1. The van der Waals surface area contributed by atoms with Crippen molar-refractivity contribution in [3.63, 3.8) is 0 Å². The van der Waals surface area contributed by atoms with E-state index in [4.69, 9.17) is 0 Å². The molecule has 1 heterocycles. The van der Waals surface area contributed by atoms with E-state index in [2.05, 4.69) is 20.6 Å². The van der Waals surface area contributed by atoms with Gasteiger partial charge in [0.15, 0.2) is 0 Å². The molecule has 1 aliphatic rings. The van der Waals surface area contributed by atoms with Gasteiger partial charge in [0.2, 0.25) is 5.95 Å². The number of fused-ring (bicyclic) bond motifs is 1. The van der Waals surface area contributed by atoms with Gasteiger partial charge in [0.1, 0.15) is 11.6 Å². The second-order valence-corrected chi connectivity index (χ2v) is 8.64. The maximum absolute atomic E-state index is 13.5. The predicted octanol–water partition coefficient (Wildman–Crippen LogP) is 5.01. The Morgan fingerprint density at radius 1 is 1.00 bits per heavy atom. The molecule has 0 radical (unpaired) electrons. The van der Waals surface area contributed by atoms with Gasteiger partial charge in [-0.3, -0.25) is 4.79 Å². The lowest BCUT2D eigenvalue weighted by atomic mass is 9.91. The molecule has 3 aromatic rings. The fourth-order valence-corrected chi connectivity index (χ4v) is 4.18. The molecule has 0 saturated heterocycles. The molecular weight excluding hydrogens is 450 g/mol. The maximum atomic E-state index is 13.5. The number of carbonyl (C=O) groups is 1. The van der Waals surface area contributed by atoms with Crippen LogP contribution in [0.5, 0.6) is 0 Å². The van der Waals surface area contributed by atoms with Crippen LogP contribution < -0.4 is 15.5 Å². The Morgan fingerprint density at radius 3 is 2.35 bits per heavy atom. The largest absolute Gasteiger partial charge is 0.419 e. The number of benzene rings is 2. The number of aromatic nitrogens is 2. The summed E-state index contributed by atoms with van der Waals surface area (Å²) in [6.07, 6.45) is -2.11. The van der Waals surface area contributed by atoms with Gasteiger partial charge in [-0.15, -0.1) is 0 Å². The van der Waals surface area contributed by atoms with Gasteiger partial charge >= 0.3 is 6.18 Å². The highest BCUT2D eigenvalue weighted by molar-refractivity contribution is 5.94. The molecule has 10 heteroatoms. The van der Waals surface area contributed by atoms with E-state index in [0.717, 1.165) is 35.6 Å². The minimum atomic E-state index is -4.86. The highest BCUT2D eigenvalue weighted by atomic mass is 19.4. The van der Waals surface area contributed by atoms with E-state index in [1.165, 1.54) is 0 Å². The van der Waals surface area contributed by atoms with Crippen LogP contribution in [-0.4, -0.2) is 42.1 Å². The Hall–Kier alpha value is -3.43. The molecule has 1 amide bonds. The molecule has 1 fully saturated rings. The first kappa shape index (κ1) is 23.7. The molecule has 1 saturated carbocycles.